The molecule has 1 fully saturated rings. The fourth-order valence-electron chi connectivity index (χ4n) is 2.71. The molecule has 2 atom stereocenters. The van der Waals surface area contributed by atoms with Crippen LogP contribution in [-0.4, -0.2) is 23.0 Å². The van der Waals surface area contributed by atoms with Gasteiger partial charge in [-0.25, -0.2) is 0 Å². The average Bonchev–Trinajstić information content (AvgIpc) is 2.27. The molecular weight excluding hydrogens is 218 g/mol. The van der Waals surface area contributed by atoms with E-state index in [1.807, 2.05) is 12.2 Å². The molecule has 0 radical (unpaired) electrons. The van der Waals surface area contributed by atoms with Gasteiger partial charge in [0, 0.05) is 6.04 Å². The van der Waals surface area contributed by atoms with Crippen LogP contribution in [0.3, 0.4) is 0 Å². The van der Waals surface area contributed by atoms with Crippen molar-refractivity contribution in [2.45, 2.75) is 38.6 Å². The Bertz CT molecular complexity index is 345. The lowest BCUT2D eigenvalue weighted by Gasteiger charge is -2.35. The van der Waals surface area contributed by atoms with Gasteiger partial charge in [0.1, 0.15) is 0 Å². The van der Waals surface area contributed by atoms with Gasteiger partial charge in [0.05, 0.1) is 11.8 Å². The lowest BCUT2D eigenvalue weighted by molar-refractivity contribution is -0.147. The number of nitrogens with one attached hydrogen (secondary N) is 1. The second-order valence-electron chi connectivity index (χ2n) is 5.28. The van der Waals surface area contributed by atoms with E-state index in [-0.39, 0.29) is 11.9 Å². The van der Waals surface area contributed by atoms with Crippen molar-refractivity contribution in [3.8, 4) is 0 Å². The highest BCUT2D eigenvalue weighted by Gasteiger charge is 2.36. The Morgan fingerprint density at radius 2 is 1.76 bits per heavy atom. The molecule has 0 aromatic rings. The summed E-state index contributed by atoms with van der Waals surface area (Å²) < 4.78 is 0. The molecule has 0 heterocycles. The molecule has 94 valence electrons. The molecule has 1 saturated carbocycles. The summed E-state index contributed by atoms with van der Waals surface area (Å²) >= 11 is 0. The lowest BCUT2D eigenvalue weighted by atomic mass is 9.79. The van der Waals surface area contributed by atoms with E-state index in [2.05, 4.69) is 12.2 Å². The fourth-order valence-corrected chi connectivity index (χ4v) is 2.71. The van der Waals surface area contributed by atoms with Gasteiger partial charge < -0.3 is 10.4 Å². The summed E-state index contributed by atoms with van der Waals surface area (Å²) in [7, 11) is 0. The number of carboxylic acids is 1. The molecule has 4 nitrogen and oxygen atoms in total. The molecule has 2 N–H and O–H groups in total. The van der Waals surface area contributed by atoms with Crippen LogP contribution in [0, 0.1) is 17.8 Å². The van der Waals surface area contributed by atoms with Gasteiger partial charge in [-0.3, -0.25) is 9.59 Å². The Morgan fingerprint density at radius 3 is 2.29 bits per heavy atom. The summed E-state index contributed by atoms with van der Waals surface area (Å²) in [6, 6.07) is 0.262. The second-order valence-corrected chi connectivity index (χ2v) is 5.28. The summed E-state index contributed by atoms with van der Waals surface area (Å²) in [5.74, 6) is -1.22. The number of allylic oxidation sites excluding steroid dienone is 2. The Balaban J connectivity index is 1.92. The normalized spacial score (nSPS) is 36.1. The van der Waals surface area contributed by atoms with E-state index in [0.717, 1.165) is 12.8 Å². The smallest absolute Gasteiger partial charge is 0.307 e. The van der Waals surface area contributed by atoms with Crippen molar-refractivity contribution in [1.29, 1.82) is 0 Å². The van der Waals surface area contributed by atoms with Gasteiger partial charge in [0.2, 0.25) is 5.91 Å². The number of aliphatic carboxylic acids is 1. The minimum atomic E-state index is -0.864. The Kier molecular flexibility index (Phi) is 3.50. The zero-order valence-electron chi connectivity index (χ0n) is 10.1. The molecule has 2 unspecified atom stereocenters. The van der Waals surface area contributed by atoms with Crippen LogP contribution in [0.15, 0.2) is 12.2 Å². The maximum Gasteiger partial charge on any atom is 0.307 e. The number of carbonyl (C=O) groups excluding carboxylic acids is 1. The van der Waals surface area contributed by atoms with E-state index in [9.17, 15) is 9.59 Å². The first-order chi connectivity index (χ1) is 8.08. The Morgan fingerprint density at radius 1 is 1.18 bits per heavy atom. The summed E-state index contributed by atoms with van der Waals surface area (Å²) in [6.07, 6.45) is 6.82. The van der Waals surface area contributed by atoms with Crippen molar-refractivity contribution in [1.82, 2.24) is 5.32 Å². The molecule has 0 saturated heterocycles. The highest BCUT2D eigenvalue weighted by molar-refractivity contribution is 5.85. The highest BCUT2D eigenvalue weighted by Crippen LogP contribution is 2.29. The average molecular weight is 237 g/mol. The van der Waals surface area contributed by atoms with E-state index in [4.69, 9.17) is 5.11 Å². The van der Waals surface area contributed by atoms with Crippen molar-refractivity contribution in [2.75, 3.05) is 0 Å². The molecule has 1 amide bonds. The molecule has 4 heteroatoms. The van der Waals surface area contributed by atoms with Crippen LogP contribution in [0.4, 0.5) is 0 Å². The predicted molar refractivity (Wildman–Crippen MR) is 63.3 cm³/mol. The number of hydrogen-bond acceptors (Lipinski definition) is 2. The third-order valence-corrected chi connectivity index (χ3v) is 3.81. The van der Waals surface area contributed by atoms with Gasteiger partial charge in [0.15, 0.2) is 0 Å². The highest BCUT2D eigenvalue weighted by atomic mass is 16.4. The SMILES string of the molecule is CC1CC(NC(=O)C2CC=CCC2C(=O)O)C1. The molecule has 2 aliphatic rings. The van der Waals surface area contributed by atoms with Crippen molar-refractivity contribution >= 4 is 11.9 Å². The zero-order chi connectivity index (χ0) is 12.4. The van der Waals surface area contributed by atoms with Crippen LogP contribution in [-0.2, 0) is 9.59 Å². The van der Waals surface area contributed by atoms with E-state index >= 15 is 0 Å². The molecular formula is C13H19NO3. The van der Waals surface area contributed by atoms with Crippen molar-refractivity contribution in [2.24, 2.45) is 17.8 Å². The van der Waals surface area contributed by atoms with E-state index in [0.29, 0.717) is 18.8 Å². The number of carbonyl (C=O) groups is 2. The molecule has 2 rings (SSSR count). The summed E-state index contributed by atoms with van der Waals surface area (Å²) in [5.41, 5.74) is 0. The topological polar surface area (TPSA) is 66.4 Å². The number of amides is 1. The summed E-state index contributed by atoms with van der Waals surface area (Å²) in [5, 5.41) is 12.1. The largest absolute Gasteiger partial charge is 0.481 e. The second kappa shape index (κ2) is 4.90. The van der Waals surface area contributed by atoms with Gasteiger partial charge >= 0.3 is 5.97 Å². The van der Waals surface area contributed by atoms with Crippen LogP contribution in [0.2, 0.25) is 0 Å². The van der Waals surface area contributed by atoms with Crippen LogP contribution < -0.4 is 5.32 Å². The summed E-state index contributed by atoms with van der Waals surface area (Å²) in [4.78, 5) is 23.1. The minimum absolute atomic E-state index is 0.0846. The zero-order valence-corrected chi connectivity index (χ0v) is 10.1. The molecule has 17 heavy (non-hydrogen) atoms. The number of rotatable bonds is 3. The van der Waals surface area contributed by atoms with Gasteiger partial charge in [-0.15, -0.1) is 0 Å². The molecule has 0 spiro atoms. The number of hydrogen-bond donors (Lipinski definition) is 2. The first-order valence-corrected chi connectivity index (χ1v) is 6.26. The molecule has 2 aliphatic carbocycles. The van der Waals surface area contributed by atoms with Crippen LogP contribution in [0.25, 0.3) is 0 Å². The van der Waals surface area contributed by atoms with Gasteiger partial charge in [-0.1, -0.05) is 19.1 Å². The van der Waals surface area contributed by atoms with Crippen LogP contribution >= 0.6 is 0 Å². The number of carboxylic acid groups (broad SMARTS) is 1. The van der Waals surface area contributed by atoms with E-state index in [1.165, 1.54) is 0 Å². The van der Waals surface area contributed by atoms with Crippen LogP contribution in [0.1, 0.15) is 32.6 Å². The van der Waals surface area contributed by atoms with Crippen molar-refractivity contribution in [3.63, 3.8) is 0 Å². The monoisotopic (exact) mass is 237 g/mol. The van der Waals surface area contributed by atoms with Gasteiger partial charge in [0.25, 0.3) is 0 Å². The standard InChI is InChI=1S/C13H19NO3/c1-8-6-9(7-8)14-12(15)10-4-2-3-5-11(10)13(16)17/h2-3,8-11H,4-7H2,1H3,(H,14,15)(H,16,17). The minimum Gasteiger partial charge on any atom is -0.481 e. The Hall–Kier alpha value is -1.32. The van der Waals surface area contributed by atoms with Crippen LogP contribution in [0.5, 0.6) is 0 Å². The van der Waals surface area contributed by atoms with Crippen molar-refractivity contribution in [3.05, 3.63) is 12.2 Å². The van der Waals surface area contributed by atoms with Crippen molar-refractivity contribution < 1.29 is 14.7 Å². The van der Waals surface area contributed by atoms with Gasteiger partial charge in [-0.2, -0.15) is 0 Å². The predicted octanol–water partition coefficient (Wildman–Crippen LogP) is 1.57. The lowest BCUT2D eigenvalue weighted by Crippen LogP contribution is -2.48. The first kappa shape index (κ1) is 12.1. The van der Waals surface area contributed by atoms with E-state index in [1.54, 1.807) is 0 Å². The maximum atomic E-state index is 12.0. The molecule has 0 aromatic heterocycles. The summed E-state index contributed by atoms with van der Waals surface area (Å²) in [6.45, 7) is 2.16. The third kappa shape index (κ3) is 2.68. The quantitative estimate of drug-likeness (QED) is 0.732. The Labute approximate surface area is 101 Å². The third-order valence-electron chi connectivity index (χ3n) is 3.81. The molecule has 0 aliphatic heterocycles. The van der Waals surface area contributed by atoms with E-state index < -0.39 is 17.8 Å². The molecule has 0 aromatic carbocycles. The maximum absolute atomic E-state index is 12.0. The van der Waals surface area contributed by atoms with Gasteiger partial charge in [-0.05, 0) is 31.6 Å². The first-order valence-electron chi connectivity index (χ1n) is 6.26. The fraction of sp³-hybridized carbons (Fsp3) is 0.692. The molecule has 0 bridgehead atoms.